The SMILES string of the molecule is O=S(=O)(Cc1ccccc1)NC(O)C(Cl)(Cl)Cl. The Kier molecular flexibility index (Phi) is 5.07. The fourth-order valence-electron chi connectivity index (χ4n) is 1.07. The molecule has 2 N–H and O–H groups in total. The molecule has 1 atom stereocenters. The summed E-state index contributed by atoms with van der Waals surface area (Å²) in [5, 5.41) is 9.31. The van der Waals surface area contributed by atoms with E-state index in [0.29, 0.717) is 5.56 Å². The van der Waals surface area contributed by atoms with E-state index < -0.39 is 20.0 Å². The van der Waals surface area contributed by atoms with E-state index in [-0.39, 0.29) is 5.75 Å². The lowest BCUT2D eigenvalue weighted by molar-refractivity contribution is 0.167. The number of nitrogens with one attached hydrogen (secondary N) is 1. The average molecular weight is 319 g/mol. The minimum absolute atomic E-state index is 0.300. The molecule has 0 aliphatic heterocycles. The summed E-state index contributed by atoms with van der Waals surface area (Å²) in [6, 6.07) is 8.45. The highest BCUT2D eigenvalue weighted by atomic mass is 35.6. The molecule has 1 aromatic carbocycles. The second-order valence-electron chi connectivity index (χ2n) is 3.31. The van der Waals surface area contributed by atoms with Gasteiger partial charge in [0.1, 0.15) is 0 Å². The van der Waals surface area contributed by atoms with E-state index in [9.17, 15) is 13.5 Å². The molecule has 0 saturated heterocycles. The maximum Gasteiger partial charge on any atom is 0.230 e. The van der Waals surface area contributed by atoms with Crippen molar-refractivity contribution in [3.8, 4) is 0 Å². The summed E-state index contributed by atoms with van der Waals surface area (Å²) >= 11 is 16.0. The minimum atomic E-state index is -3.77. The Morgan fingerprint density at radius 3 is 2.24 bits per heavy atom. The normalized spacial score (nSPS) is 14.6. The van der Waals surface area contributed by atoms with Gasteiger partial charge < -0.3 is 5.11 Å². The predicted octanol–water partition coefficient (Wildman–Crippen LogP) is 1.79. The van der Waals surface area contributed by atoms with Crippen molar-refractivity contribution in [1.29, 1.82) is 0 Å². The highest BCUT2D eigenvalue weighted by molar-refractivity contribution is 7.88. The number of hydrogen-bond donors (Lipinski definition) is 2. The second-order valence-corrected chi connectivity index (χ2v) is 7.43. The molecule has 1 unspecified atom stereocenters. The van der Waals surface area contributed by atoms with Gasteiger partial charge in [0.05, 0.1) is 5.75 Å². The molecule has 0 bridgehead atoms. The molecular weight excluding hydrogens is 309 g/mol. The Morgan fingerprint density at radius 2 is 1.76 bits per heavy atom. The predicted molar refractivity (Wildman–Crippen MR) is 68.5 cm³/mol. The second kappa shape index (κ2) is 5.73. The molecule has 1 rings (SSSR count). The van der Waals surface area contributed by atoms with Crippen LogP contribution in [0.15, 0.2) is 30.3 Å². The van der Waals surface area contributed by atoms with Gasteiger partial charge in [-0.3, -0.25) is 0 Å². The Hall–Kier alpha value is -0.0400. The molecule has 17 heavy (non-hydrogen) atoms. The van der Waals surface area contributed by atoms with Crippen LogP contribution in [-0.2, 0) is 15.8 Å². The van der Waals surface area contributed by atoms with Crippen LogP contribution in [0, 0.1) is 0 Å². The number of alkyl halides is 3. The van der Waals surface area contributed by atoms with E-state index in [0.717, 1.165) is 0 Å². The lowest BCUT2D eigenvalue weighted by atomic mass is 10.2. The van der Waals surface area contributed by atoms with Gasteiger partial charge in [0.2, 0.25) is 13.8 Å². The molecule has 8 heteroatoms. The highest BCUT2D eigenvalue weighted by Crippen LogP contribution is 2.29. The van der Waals surface area contributed by atoms with Crippen molar-refractivity contribution in [2.45, 2.75) is 15.8 Å². The Bertz CT molecular complexity index is 458. The maximum absolute atomic E-state index is 11.6. The molecular formula is C9H10Cl3NO3S. The standard InChI is InChI=1S/C9H10Cl3NO3S/c10-9(11,12)8(14)13-17(15,16)6-7-4-2-1-3-5-7/h1-5,8,13-14H,6H2. The van der Waals surface area contributed by atoms with Crippen LogP contribution < -0.4 is 4.72 Å². The molecule has 0 saturated carbocycles. The van der Waals surface area contributed by atoms with Gasteiger partial charge in [0.15, 0.2) is 6.23 Å². The van der Waals surface area contributed by atoms with Gasteiger partial charge in [-0.05, 0) is 5.56 Å². The molecule has 0 spiro atoms. The summed E-state index contributed by atoms with van der Waals surface area (Å²) in [6.45, 7) is 0. The maximum atomic E-state index is 11.6. The van der Waals surface area contributed by atoms with E-state index >= 15 is 0 Å². The van der Waals surface area contributed by atoms with Gasteiger partial charge in [-0.15, -0.1) is 0 Å². The molecule has 96 valence electrons. The first-order valence-electron chi connectivity index (χ1n) is 4.49. The molecule has 0 aliphatic carbocycles. The third-order valence-corrected chi connectivity index (χ3v) is 3.72. The molecule has 0 amide bonds. The van der Waals surface area contributed by atoms with Gasteiger partial charge in [-0.25, -0.2) is 8.42 Å². The summed E-state index contributed by atoms with van der Waals surface area (Å²) in [4.78, 5) is 0. The van der Waals surface area contributed by atoms with E-state index in [2.05, 4.69) is 0 Å². The molecule has 0 radical (unpaired) electrons. The zero-order valence-electron chi connectivity index (χ0n) is 8.48. The van der Waals surface area contributed by atoms with Crippen LogP contribution in [-0.4, -0.2) is 23.5 Å². The Balaban J connectivity index is 2.71. The first kappa shape index (κ1) is 15.0. The number of hydrogen-bond acceptors (Lipinski definition) is 3. The lowest BCUT2D eigenvalue weighted by Gasteiger charge is -2.19. The number of aliphatic hydroxyl groups excluding tert-OH is 1. The summed E-state index contributed by atoms with van der Waals surface area (Å²) in [6.07, 6.45) is -1.79. The number of benzene rings is 1. The fraction of sp³-hybridized carbons (Fsp3) is 0.333. The zero-order valence-corrected chi connectivity index (χ0v) is 11.6. The molecule has 1 aromatic rings. The van der Waals surface area contributed by atoms with Crippen molar-refractivity contribution in [3.05, 3.63) is 35.9 Å². The van der Waals surface area contributed by atoms with Gasteiger partial charge in [0, 0.05) is 0 Å². The van der Waals surface area contributed by atoms with Crippen molar-refractivity contribution in [2.24, 2.45) is 0 Å². The van der Waals surface area contributed by atoms with E-state index in [1.54, 1.807) is 30.3 Å². The van der Waals surface area contributed by atoms with Crippen molar-refractivity contribution >= 4 is 44.8 Å². The summed E-state index contributed by atoms with van der Waals surface area (Å²) in [5.74, 6) is -0.300. The van der Waals surface area contributed by atoms with Crippen LogP contribution in [0.1, 0.15) is 5.56 Å². The van der Waals surface area contributed by atoms with E-state index in [4.69, 9.17) is 34.8 Å². The first-order valence-corrected chi connectivity index (χ1v) is 7.28. The molecule has 0 heterocycles. The van der Waals surface area contributed by atoms with Crippen molar-refractivity contribution in [1.82, 2.24) is 4.72 Å². The van der Waals surface area contributed by atoms with Crippen LogP contribution in [0.25, 0.3) is 0 Å². The third kappa shape index (κ3) is 5.42. The first-order chi connectivity index (χ1) is 7.71. The van der Waals surface area contributed by atoms with Gasteiger partial charge in [-0.1, -0.05) is 65.1 Å². The summed E-state index contributed by atoms with van der Waals surface area (Å²) < 4.78 is 23.0. The third-order valence-electron chi connectivity index (χ3n) is 1.80. The Labute approximate surface area is 115 Å². The van der Waals surface area contributed by atoms with Crippen LogP contribution in [0.5, 0.6) is 0 Å². The topological polar surface area (TPSA) is 66.4 Å². The molecule has 4 nitrogen and oxygen atoms in total. The van der Waals surface area contributed by atoms with Gasteiger partial charge >= 0.3 is 0 Å². The van der Waals surface area contributed by atoms with Crippen LogP contribution in [0.2, 0.25) is 0 Å². The molecule has 0 fully saturated rings. The number of aliphatic hydroxyl groups is 1. The largest absolute Gasteiger partial charge is 0.373 e. The van der Waals surface area contributed by atoms with E-state index in [1.807, 2.05) is 4.72 Å². The quantitative estimate of drug-likeness (QED) is 0.657. The van der Waals surface area contributed by atoms with Gasteiger partial charge in [-0.2, -0.15) is 4.72 Å². The number of halogens is 3. The van der Waals surface area contributed by atoms with Crippen LogP contribution >= 0.6 is 34.8 Å². The smallest absolute Gasteiger partial charge is 0.230 e. The fourth-order valence-corrected chi connectivity index (χ4v) is 2.66. The van der Waals surface area contributed by atoms with Crippen molar-refractivity contribution < 1.29 is 13.5 Å². The Morgan fingerprint density at radius 1 is 1.24 bits per heavy atom. The highest BCUT2D eigenvalue weighted by Gasteiger charge is 2.33. The summed E-state index contributed by atoms with van der Waals surface area (Å²) in [5.41, 5.74) is 0.566. The average Bonchev–Trinajstić information content (AvgIpc) is 2.16. The van der Waals surface area contributed by atoms with Gasteiger partial charge in [0.25, 0.3) is 0 Å². The molecule has 0 aliphatic rings. The van der Waals surface area contributed by atoms with E-state index in [1.165, 1.54) is 0 Å². The minimum Gasteiger partial charge on any atom is -0.373 e. The van der Waals surface area contributed by atoms with Crippen LogP contribution in [0.3, 0.4) is 0 Å². The monoisotopic (exact) mass is 317 g/mol. The molecule has 0 aromatic heterocycles. The lowest BCUT2D eigenvalue weighted by Crippen LogP contribution is -2.43. The number of sulfonamides is 1. The van der Waals surface area contributed by atoms with Crippen LogP contribution in [0.4, 0.5) is 0 Å². The zero-order chi connectivity index (χ0) is 13.1. The summed E-state index contributed by atoms with van der Waals surface area (Å²) in [7, 11) is -3.77. The van der Waals surface area contributed by atoms with Crippen molar-refractivity contribution in [3.63, 3.8) is 0 Å². The number of rotatable bonds is 4. The van der Waals surface area contributed by atoms with Crippen molar-refractivity contribution in [2.75, 3.05) is 0 Å².